The summed E-state index contributed by atoms with van der Waals surface area (Å²) in [7, 11) is 0. The second-order valence-electron chi connectivity index (χ2n) is 3.75. The van der Waals surface area contributed by atoms with E-state index in [2.05, 4.69) is 25.9 Å². The van der Waals surface area contributed by atoms with Gasteiger partial charge in [0.1, 0.15) is 16.4 Å². The number of halogens is 1. The highest BCUT2D eigenvalue weighted by molar-refractivity contribution is 9.10. The molecule has 0 aromatic carbocycles. The van der Waals surface area contributed by atoms with Gasteiger partial charge in [0.05, 0.1) is 19.3 Å². The third kappa shape index (κ3) is 2.32. The van der Waals surface area contributed by atoms with Gasteiger partial charge in [-0.1, -0.05) is 0 Å². The van der Waals surface area contributed by atoms with E-state index in [1.54, 1.807) is 18.0 Å². The summed E-state index contributed by atoms with van der Waals surface area (Å²) in [4.78, 5) is 21.0. The fourth-order valence-electron chi connectivity index (χ4n) is 1.49. The van der Waals surface area contributed by atoms with Crippen molar-refractivity contribution >= 4 is 21.8 Å². The van der Waals surface area contributed by atoms with Gasteiger partial charge in [-0.15, -0.1) is 0 Å². The number of nitrogens with zero attached hydrogens (tertiary/aromatic N) is 3. The largest absolute Gasteiger partial charge is 0.469 e. The highest BCUT2D eigenvalue weighted by atomic mass is 79.9. The zero-order chi connectivity index (χ0) is 11.7. The van der Waals surface area contributed by atoms with E-state index < -0.39 is 0 Å². The molecule has 0 saturated carbocycles. The van der Waals surface area contributed by atoms with Crippen LogP contribution in [0.3, 0.4) is 0 Å². The van der Waals surface area contributed by atoms with Crippen molar-refractivity contribution in [3.05, 3.63) is 16.5 Å². The molecule has 1 aromatic heterocycles. The lowest BCUT2D eigenvalue weighted by molar-refractivity contribution is -0.137. The molecule has 0 atom stereocenters. The number of amides is 1. The highest BCUT2D eigenvalue weighted by Gasteiger charge is 2.30. The number of aromatic nitrogens is 2. The minimum atomic E-state index is 0.0399. The Labute approximate surface area is 102 Å². The molecule has 1 amide bonds. The number of carbonyl (C=O) groups excluding carboxylic acids is 1. The van der Waals surface area contributed by atoms with Crippen LogP contribution in [-0.2, 0) is 4.79 Å². The Morgan fingerprint density at radius 3 is 2.88 bits per heavy atom. The lowest BCUT2D eigenvalue weighted by Gasteiger charge is -2.38. The van der Waals surface area contributed by atoms with E-state index in [9.17, 15) is 4.79 Å². The predicted octanol–water partition coefficient (Wildman–Crippen LogP) is 1.16. The van der Waals surface area contributed by atoms with Gasteiger partial charge in [-0.3, -0.25) is 4.79 Å². The average Bonchev–Trinajstić information content (AvgIpc) is 2.12. The number of likely N-dealkylation sites (tertiary alicyclic amines) is 1. The second kappa shape index (κ2) is 4.37. The predicted molar refractivity (Wildman–Crippen MR) is 61.1 cm³/mol. The van der Waals surface area contributed by atoms with Crippen LogP contribution >= 0.6 is 15.9 Å². The maximum Gasteiger partial charge on any atom is 0.235 e. The van der Waals surface area contributed by atoms with Gasteiger partial charge in [-0.2, -0.15) is 0 Å². The Morgan fingerprint density at radius 1 is 1.62 bits per heavy atom. The topological polar surface area (TPSA) is 55.3 Å². The van der Waals surface area contributed by atoms with Gasteiger partial charge in [0, 0.05) is 6.92 Å². The highest BCUT2D eigenvalue weighted by Crippen LogP contribution is 2.19. The Hall–Kier alpha value is -1.17. The van der Waals surface area contributed by atoms with E-state index in [1.807, 2.05) is 6.92 Å². The van der Waals surface area contributed by atoms with Gasteiger partial charge in [-0.05, 0) is 22.9 Å². The molecule has 1 aliphatic heterocycles. The maximum atomic E-state index is 11.0. The fraction of sp³-hybridized carbons (Fsp3) is 0.500. The molecule has 1 fully saturated rings. The monoisotopic (exact) mass is 285 g/mol. The van der Waals surface area contributed by atoms with E-state index in [1.165, 1.54) is 0 Å². The van der Waals surface area contributed by atoms with Crippen molar-refractivity contribution in [2.75, 3.05) is 13.1 Å². The summed E-state index contributed by atoms with van der Waals surface area (Å²) in [5.41, 5.74) is 0.746. The molecule has 0 N–H and O–H groups in total. The maximum absolute atomic E-state index is 11.0. The first-order chi connectivity index (χ1) is 7.56. The van der Waals surface area contributed by atoms with Crippen molar-refractivity contribution in [2.45, 2.75) is 20.0 Å². The van der Waals surface area contributed by atoms with Gasteiger partial charge < -0.3 is 9.64 Å². The molecule has 0 bridgehead atoms. The first-order valence-electron chi connectivity index (χ1n) is 4.97. The van der Waals surface area contributed by atoms with Crippen LogP contribution in [0, 0.1) is 6.92 Å². The Kier molecular flexibility index (Phi) is 3.09. The van der Waals surface area contributed by atoms with Crippen molar-refractivity contribution in [1.82, 2.24) is 14.9 Å². The zero-order valence-corrected chi connectivity index (χ0v) is 10.7. The number of ether oxygens (including phenoxy) is 1. The van der Waals surface area contributed by atoms with Crippen LogP contribution < -0.4 is 4.74 Å². The summed E-state index contributed by atoms with van der Waals surface area (Å²) in [6.45, 7) is 4.66. The van der Waals surface area contributed by atoms with Crippen molar-refractivity contribution in [3.8, 4) is 5.88 Å². The smallest absolute Gasteiger partial charge is 0.235 e. The van der Waals surface area contributed by atoms with E-state index in [4.69, 9.17) is 4.74 Å². The number of hydrogen-bond acceptors (Lipinski definition) is 4. The van der Waals surface area contributed by atoms with Crippen LogP contribution in [0.2, 0.25) is 0 Å². The molecule has 1 aromatic rings. The summed E-state index contributed by atoms with van der Waals surface area (Å²) >= 11 is 3.24. The number of hydrogen-bond donors (Lipinski definition) is 0. The molecule has 0 spiro atoms. The minimum Gasteiger partial charge on any atom is -0.469 e. The SMILES string of the molecule is CC(=O)N1CC(Oc2ncc(Br)nc2C)C1. The molecule has 5 nitrogen and oxygen atoms in total. The third-order valence-corrected chi connectivity index (χ3v) is 2.83. The Morgan fingerprint density at radius 2 is 2.31 bits per heavy atom. The molecule has 2 rings (SSSR count). The summed E-state index contributed by atoms with van der Waals surface area (Å²) in [5, 5.41) is 0. The van der Waals surface area contributed by atoms with Crippen molar-refractivity contribution in [2.24, 2.45) is 0 Å². The van der Waals surface area contributed by atoms with E-state index >= 15 is 0 Å². The molecule has 86 valence electrons. The van der Waals surface area contributed by atoms with Crippen LogP contribution in [0.25, 0.3) is 0 Å². The molecular formula is C10H12BrN3O2. The molecule has 2 heterocycles. The Bertz CT molecular complexity index is 419. The normalized spacial score (nSPS) is 15.8. The molecule has 0 unspecified atom stereocenters. The molecule has 6 heteroatoms. The van der Waals surface area contributed by atoms with Gasteiger partial charge in [0.15, 0.2) is 0 Å². The standard InChI is InChI=1S/C10H12BrN3O2/c1-6-10(12-3-9(11)13-6)16-8-4-14(5-8)7(2)15/h3,8H,4-5H2,1-2H3. The summed E-state index contributed by atoms with van der Waals surface area (Å²) in [6.07, 6.45) is 1.64. The minimum absolute atomic E-state index is 0.0399. The quantitative estimate of drug-likeness (QED) is 0.818. The molecule has 1 aliphatic rings. The Balaban J connectivity index is 1.94. The van der Waals surface area contributed by atoms with E-state index in [0.717, 1.165) is 5.69 Å². The van der Waals surface area contributed by atoms with Crippen molar-refractivity contribution in [3.63, 3.8) is 0 Å². The van der Waals surface area contributed by atoms with Gasteiger partial charge in [0.2, 0.25) is 11.8 Å². The first-order valence-corrected chi connectivity index (χ1v) is 5.77. The molecule has 16 heavy (non-hydrogen) atoms. The van der Waals surface area contributed by atoms with Gasteiger partial charge in [-0.25, -0.2) is 9.97 Å². The number of aryl methyl sites for hydroxylation is 1. The van der Waals surface area contributed by atoms with Crippen LogP contribution in [0.15, 0.2) is 10.8 Å². The van der Waals surface area contributed by atoms with Crippen LogP contribution in [0.1, 0.15) is 12.6 Å². The van der Waals surface area contributed by atoms with E-state index in [0.29, 0.717) is 23.6 Å². The summed E-state index contributed by atoms with van der Waals surface area (Å²) in [6, 6.07) is 0. The molecule has 0 aliphatic carbocycles. The van der Waals surface area contributed by atoms with Gasteiger partial charge in [0.25, 0.3) is 0 Å². The van der Waals surface area contributed by atoms with Gasteiger partial charge >= 0.3 is 0 Å². The lowest BCUT2D eigenvalue weighted by Crippen LogP contribution is -2.55. The first kappa shape index (κ1) is 11.3. The zero-order valence-electron chi connectivity index (χ0n) is 9.11. The second-order valence-corrected chi connectivity index (χ2v) is 4.56. The number of rotatable bonds is 2. The number of carbonyl (C=O) groups is 1. The van der Waals surface area contributed by atoms with Crippen molar-refractivity contribution < 1.29 is 9.53 Å². The van der Waals surface area contributed by atoms with Crippen LogP contribution in [0.4, 0.5) is 0 Å². The van der Waals surface area contributed by atoms with Crippen LogP contribution in [-0.4, -0.2) is 40.0 Å². The summed E-state index contributed by atoms with van der Waals surface area (Å²) in [5.74, 6) is 0.620. The fourth-order valence-corrected chi connectivity index (χ4v) is 1.85. The van der Waals surface area contributed by atoms with Crippen LogP contribution in [0.5, 0.6) is 5.88 Å². The van der Waals surface area contributed by atoms with E-state index in [-0.39, 0.29) is 12.0 Å². The molecule has 1 saturated heterocycles. The van der Waals surface area contributed by atoms with Crippen molar-refractivity contribution in [1.29, 1.82) is 0 Å². The summed E-state index contributed by atoms with van der Waals surface area (Å²) < 4.78 is 6.32. The molecular weight excluding hydrogens is 274 g/mol. The third-order valence-electron chi connectivity index (χ3n) is 2.44. The lowest BCUT2D eigenvalue weighted by atomic mass is 10.2. The average molecular weight is 286 g/mol. The molecule has 0 radical (unpaired) electrons.